The molecule has 1 nitrogen and oxygen atoms in total. The molecule has 0 aliphatic heterocycles. The largest absolute Gasteiger partial charge is 0.387 e. The first-order valence-electron chi connectivity index (χ1n) is 4.81. The molecule has 0 aliphatic rings. The Balaban J connectivity index is 2.10. The molecular weight excluding hydrogens is 291 g/mol. The highest BCUT2D eigenvalue weighted by Crippen LogP contribution is 2.27. The van der Waals surface area contributed by atoms with Gasteiger partial charge in [-0.2, -0.15) is 0 Å². The Morgan fingerprint density at radius 1 is 1.38 bits per heavy atom. The maximum Gasteiger partial charge on any atom is 0.123 e. The first kappa shape index (κ1) is 11.8. The summed E-state index contributed by atoms with van der Waals surface area (Å²) in [5.74, 6) is -0.267. The average Bonchev–Trinajstić information content (AvgIpc) is 2.65. The fourth-order valence-corrected chi connectivity index (χ4v) is 2.92. The van der Waals surface area contributed by atoms with Crippen LogP contribution >= 0.6 is 27.3 Å². The minimum Gasteiger partial charge on any atom is -0.387 e. The number of aliphatic hydroxyl groups excluding tert-OH is 1. The van der Waals surface area contributed by atoms with E-state index in [1.54, 1.807) is 6.07 Å². The lowest BCUT2D eigenvalue weighted by molar-refractivity contribution is 0.182. The number of rotatable bonds is 3. The third-order valence-electron chi connectivity index (χ3n) is 2.23. The van der Waals surface area contributed by atoms with Gasteiger partial charge < -0.3 is 5.11 Å². The van der Waals surface area contributed by atoms with Crippen LogP contribution in [0.4, 0.5) is 4.39 Å². The molecule has 2 rings (SSSR count). The van der Waals surface area contributed by atoms with Crippen molar-refractivity contribution in [2.24, 2.45) is 0 Å². The van der Waals surface area contributed by atoms with Gasteiger partial charge in [-0.1, -0.05) is 12.1 Å². The van der Waals surface area contributed by atoms with Crippen LogP contribution in [-0.2, 0) is 6.42 Å². The maximum absolute atomic E-state index is 12.9. The maximum atomic E-state index is 12.9. The molecule has 1 atom stereocenters. The highest BCUT2D eigenvalue weighted by molar-refractivity contribution is 9.10. The van der Waals surface area contributed by atoms with Gasteiger partial charge in [0, 0.05) is 21.2 Å². The van der Waals surface area contributed by atoms with Crippen LogP contribution in [-0.4, -0.2) is 5.11 Å². The molecule has 4 heteroatoms. The number of aliphatic hydroxyl groups is 1. The summed E-state index contributed by atoms with van der Waals surface area (Å²) in [6.07, 6.45) is -0.136. The van der Waals surface area contributed by atoms with Gasteiger partial charge in [0.15, 0.2) is 0 Å². The van der Waals surface area contributed by atoms with Gasteiger partial charge in [0.05, 0.1) is 6.10 Å². The third kappa shape index (κ3) is 2.90. The molecule has 1 aromatic heterocycles. The van der Waals surface area contributed by atoms with Crippen molar-refractivity contribution in [3.05, 3.63) is 56.4 Å². The van der Waals surface area contributed by atoms with Gasteiger partial charge in [0.2, 0.25) is 0 Å². The summed E-state index contributed by atoms with van der Waals surface area (Å²) in [6.45, 7) is 0. The molecule has 0 fully saturated rings. The standard InChI is InChI=1S/C12H10BrFOS/c13-9-6-12(16-7-9)11(15)5-8-2-1-3-10(14)4-8/h1-4,6-7,11,15H,5H2. The quantitative estimate of drug-likeness (QED) is 0.911. The van der Waals surface area contributed by atoms with Crippen molar-refractivity contribution in [1.82, 2.24) is 0 Å². The normalized spacial score (nSPS) is 12.7. The molecule has 0 radical (unpaired) electrons. The van der Waals surface area contributed by atoms with Gasteiger partial charge in [-0.15, -0.1) is 11.3 Å². The molecule has 2 aromatic rings. The van der Waals surface area contributed by atoms with E-state index in [4.69, 9.17) is 0 Å². The predicted octanol–water partition coefficient (Wildman–Crippen LogP) is 3.93. The molecule has 0 saturated heterocycles. The molecule has 84 valence electrons. The number of halogens is 2. The van der Waals surface area contributed by atoms with Crippen LogP contribution in [0.2, 0.25) is 0 Å². The highest BCUT2D eigenvalue weighted by atomic mass is 79.9. The Morgan fingerprint density at radius 3 is 2.81 bits per heavy atom. The van der Waals surface area contributed by atoms with E-state index < -0.39 is 6.10 Å². The molecule has 1 aromatic carbocycles. The Bertz CT molecular complexity index is 483. The van der Waals surface area contributed by atoms with Crippen molar-refractivity contribution < 1.29 is 9.50 Å². The lowest BCUT2D eigenvalue weighted by atomic mass is 10.1. The molecule has 16 heavy (non-hydrogen) atoms. The summed E-state index contributed by atoms with van der Waals surface area (Å²) in [5.41, 5.74) is 0.803. The van der Waals surface area contributed by atoms with Gasteiger partial charge in [-0.05, 0) is 39.7 Å². The van der Waals surface area contributed by atoms with Crippen LogP contribution in [0, 0.1) is 5.82 Å². The van der Waals surface area contributed by atoms with Crippen molar-refractivity contribution in [3.63, 3.8) is 0 Å². The van der Waals surface area contributed by atoms with E-state index in [0.717, 1.165) is 14.9 Å². The molecule has 0 saturated carbocycles. The van der Waals surface area contributed by atoms with Crippen molar-refractivity contribution in [1.29, 1.82) is 0 Å². The Morgan fingerprint density at radius 2 is 2.19 bits per heavy atom. The zero-order valence-corrected chi connectivity index (χ0v) is 10.8. The summed E-state index contributed by atoms with van der Waals surface area (Å²) in [6, 6.07) is 8.20. The molecule has 0 amide bonds. The number of hydrogen-bond acceptors (Lipinski definition) is 2. The monoisotopic (exact) mass is 300 g/mol. The highest BCUT2D eigenvalue weighted by Gasteiger charge is 2.11. The van der Waals surface area contributed by atoms with E-state index >= 15 is 0 Å². The Labute approximate surface area is 106 Å². The van der Waals surface area contributed by atoms with Crippen LogP contribution in [0.1, 0.15) is 16.5 Å². The number of benzene rings is 1. The Kier molecular flexibility index (Phi) is 3.74. The van der Waals surface area contributed by atoms with Crippen LogP contribution < -0.4 is 0 Å². The minimum atomic E-state index is -0.571. The van der Waals surface area contributed by atoms with E-state index in [2.05, 4.69) is 15.9 Å². The summed E-state index contributed by atoms with van der Waals surface area (Å²) in [5, 5.41) is 11.9. The fraction of sp³-hybridized carbons (Fsp3) is 0.167. The topological polar surface area (TPSA) is 20.2 Å². The number of hydrogen-bond donors (Lipinski definition) is 1. The second-order valence-corrected chi connectivity index (χ2v) is 5.38. The van der Waals surface area contributed by atoms with Crippen molar-refractivity contribution >= 4 is 27.3 Å². The van der Waals surface area contributed by atoms with E-state index in [1.807, 2.05) is 17.5 Å². The molecule has 0 bridgehead atoms. The van der Waals surface area contributed by atoms with Crippen LogP contribution in [0.5, 0.6) is 0 Å². The van der Waals surface area contributed by atoms with Crippen molar-refractivity contribution in [2.45, 2.75) is 12.5 Å². The third-order valence-corrected chi connectivity index (χ3v) is 4.03. The first-order chi connectivity index (χ1) is 7.65. The summed E-state index contributed by atoms with van der Waals surface area (Å²) < 4.78 is 13.9. The van der Waals surface area contributed by atoms with Crippen LogP contribution in [0.25, 0.3) is 0 Å². The molecule has 1 N–H and O–H groups in total. The zero-order valence-electron chi connectivity index (χ0n) is 8.36. The SMILES string of the molecule is OC(Cc1cccc(F)c1)c1cc(Br)cs1. The lowest BCUT2D eigenvalue weighted by Crippen LogP contribution is -1.99. The summed E-state index contributed by atoms with van der Waals surface area (Å²) >= 11 is 4.83. The second kappa shape index (κ2) is 5.08. The predicted molar refractivity (Wildman–Crippen MR) is 67.1 cm³/mol. The van der Waals surface area contributed by atoms with E-state index in [0.29, 0.717) is 6.42 Å². The molecular formula is C12H10BrFOS. The Hall–Kier alpha value is -0.710. The number of thiophene rings is 1. The van der Waals surface area contributed by atoms with Gasteiger partial charge >= 0.3 is 0 Å². The zero-order chi connectivity index (χ0) is 11.5. The second-order valence-electron chi connectivity index (χ2n) is 3.52. The minimum absolute atomic E-state index is 0.267. The average molecular weight is 301 g/mol. The summed E-state index contributed by atoms with van der Waals surface area (Å²) in [7, 11) is 0. The first-order valence-corrected chi connectivity index (χ1v) is 6.49. The van der Waals surface area contributed by atoms with Gasteiger partial charge in [0.25, 0.3) is 0 Å². The van der Waals surface area contributed by atoms with Gasteiger partial charge in [-0.25, -0.2) is 4.39 Å². The van der Waals surface area contributed by atoms with Crippen LogP contribution in [0.3, 0.4) is 0 Å². The van der Waals surface area contributed by atoms with Crippen LogP contribution in [0.15, 0.2) is 40.2 Å². The smallest absolute Gasteiger partial charge is 0.123 e. The van der Waals surface area contributed by atoms with Crippen molar-refractivity contribution in [3.8, 4) is 0 Å². The molecule has 0 spiro atoms. The van der Waals surface area contributed by atoms with E-state index in [-0.39, 0.29) is 5.82 Å². The fourth-order valence-electron chi connectivity index (χ4n) is 1.49. The van der Waals surface area contributed by atoms with Gasteiger partial charge in [-0.3, -0.25) is 0 Å². The van der Waals surface area contributed by atoms with E-state index in [9.17, 15) is 9.50 Å². The summed E-state index contributed by atoms with van der Waals surface area (Å²) in [4.78, 5) is 0.885. The molecule has 0 aliphatic carbocycles. The molecule has 1 unspecified atom stereocenters. The lowest BCUT2D eigenvalue weighted by Gasteiger charge is -2.08. The van der Waals surface area contributed by atoms with Crippen molar-refractivity contribution in [2.75, 3.05) is 0 Å². The molecule has 1 heterocycles. The van der Waals surface area contributed by atoms with Gasteiger partial charge in [0.1, 0.15) is 5.82 Å². The van der Waals surface area contributed by atoms with E-state index in [1.165, 1.54) is 23.5 Å².